The monoisotopic (exact) mass is 415 g/mol. The van der Waals surface area contributed by atoms with Gasteiger partial charge in [0.25, 0.3) is 5.56 Å². The number of rotatable bonds is 6. The van der Waals surface area contributed by atoms with E-state index in [-0.39, 0.29) is 17.2 Å². The van der Waals surface area contributed by atoms with E-state index in [1.807, 2.05) is 39.0 Å². The zero-order valence-corrected chi connectivity index (χ0v) is 17.8. The van der Waals surface area contributed by atoms with Gasteiger partial charge in [0.15, 0.2) is 0 Å². The Morgan fingerprint density at radius 2 is 1.68 bits per heavy atom. The second kappa shape index (κ2) is 8.85. The Morgan fingerprint density at radius 3 is 2.39 bits per heavy atom. The van der Waals surface area contributed by atoms with Crippen molar-refractivity contribution in [1.82, 2.24) is 4.57 Å². The number of hydrogen-bond donors (Lipinski definition) is 0. The van der Waals surface area contributed by atoms with Crippen molar-refractivity contribution in [2.45, 2.75) is 40.3 Å². The fourth-order valence-electron chi connectivity index (χ4n) is 3.04. The summed E-state index contributed by atoms with van der Waals surface area (Å²) in [5.74, 6) is 0.781. The largest absolute Gasteiger partial charge is 0.487 e. The summed E-state index contributed by atoms with van der Waals surface area (Å²) in [4.78, 5) is 12.7. The molecule has 0 spiro atoms. The van der Waals surface area contributed by atoms with E-state index in [9.17, 15) is 4.79 Å². The molecule has 0 fully saturated rings. The first-order chi connectivity index (χ1) is 13.4. The highest BCUT2D eigenvalue weighted by Gasteiger charge is 2.14. The van der Waals surface area contributed by atoms with Gasteiger partial charge in [-0.15, -0.1) is 0 Å². The lowest BCUT2D eigenvalue weighted by Gasteiger charge is -2.17. The zero-order valence-electron chi connectivity index (χ0n) is 16.3. The van der Waals surface area contributed by atoms with Gasteiger partial charge in [-0.05, 0) is 56.0 Å². The molecule has 0 saturated heterocycles. The number of benzene rings is 2. The number of hydrogen-bond acceptors (Lipinski definition) is 2. The molecule has 0 radical (unpaired) electrons. The topological polar surface area (TPSA) is 31.2 Å². The molecule has 0 saturated carbocycles. The lowest BCUT2D eigenvalue weighted by molar-refractivity contribution is 0.290. The van der Waals surface area contributed by atoms with Crippen LogP contribution in [0.15, 0.2) is 53.3 Å². The molecule has 1 heterocycles. The maximum absolute atomic E-state index is 12.7. The van der Waals surface area contributed by atoms with Crippen LogP contribution in [0, 0.1) is 20.8 Å². The highest BCUT2D eigenvalue weighted by molar-refractivity contribution is 6.34. The SMILES string of the molecule is Cc1ccc(CCn2c(COc3cccc(C)c3C)c(Cl)cc(Cl)c2=O)cc1. The number of halogens is 2. The molecule has 0 atom stereocenters. The van der Waals surface area contributed by atoms with Gasteiger partial charge in [0.2, 0.25) is 0 Å². The minimum absolute atomic E-state index is 0.115. The van der Waals surface area contributed by atoms with Crippen molar-refractivity contribution in [3.8, 4) is 5.75 Å². The average molecular weight is 416 g/mol. The van der Waals surface area contributed by atoms with Gasteiger partial charge < -0.3 is 9.30 Å². The summed E-state index contributed by atoms with van der Waals surface area (Å²) >= 11 is 12.5. The minimum atomic E-state index is -0.252. The van der Waals surface area contributed by atoms with E-state index in [2.05, 4.69) is 24.3 Å². The molecule has 0 aliphatic rings. The summed E-state index contributed by atoms with van der Waals surface area (Å²) in [7, 11) is 0. The predicted molar refractivity (Wildman–Crippen MR) is 116 cm³/mol. The van der Waals surface area contributed by atoms with E-state index in [4.69, 9.17) is 27.9 Å². The van der Waals surface area contributed by atoms with Crippen LogP contribution >= 0.6 is 23.2 Å². The second-order valence-corrected chi connectivity index (χ2v) is 7.78. The number of aromatic nitrogens is 1. The second-order valence-electron chi connectivity index (χ2n) is 6.97. The van der Waals surface area contributed by atoms with Gasteiger partial charge in [-0.1, -0.05) is 65.2 Å². The molecule has 3 rings (SSSR count). The average Bonchev–Trinajstić information content (AvgIpc) is 2.67. The molecule has 0 bridgehead atoms. The van der Waals surface area contributed by atoms with E-state index in [0.29, 0.717) is 23.7 Å². The van der Waals surface area contributed by atoms with Crippen molar-refractivity contribution in [2.24, 2.45) is 0 Å². The first-order valence-electron chi connectivity index (χ1n) is 9.19. The quantitative estimate of drug-likeness (QED) is 0.501. The molecule has 0 N–H and O–H groups in total. The number of pyridine rings is 1. The maximum Gasteiger partial charge on any atom is 0.269 e. The molecule has 1 aromatic heterocycles. The van der Waals surface area contributed by atoms with Gasteiger partial charge in [0.05, 0.1) is 10.7 Å². The fourth-order valence-corrected chi connectivity index (χ4v) is 3.58. The summed E-state index contributed by atoms with van der Waals surface area (Å²) < 4.78 is 7.62. The summed E-state index contributed by atoms with van der Waals surface area (Å²) in [5, 5.41) is 0.545. The van der Waals surface area contributed by atoms with Crippen molar-refractivity contribution in [3.05, 3.63) is 96.9 Å². The Labute approximate surface area is 175 Å². The van der Waals surface area contributed by atoms with Crippen LogP contribution in [0.3, 0.4) is 0 Å². The molecule has 3 aromatic rings. The summed E-state index contributed by atoms with van der Waals surface area (Å²) in [6.07, 6.45) is 0.702. The van der Waals surface area contributed by atoms with Crippen LogP contribution in [0.4, 0.5) is 0 Å². The molecule has 28 heavy (non-hydrogen) atoms. The Hall–Kier alpha value is -2.23. The first kappa shape index (κ1) is 20.5. The van der Waals surface area contributed by atoms with E-state index in [1.165, 1.54) is 11.6 Å². The van der Waals surface area contributed by atoms with E-state index in [1.54, 1.807) is 4.57 Å². The number of nitrogens with zero attached hydrogens (tertiary/aromatic N) is 1. The van der Waals surface area contributed by atoms with Crippen LogP contribution in [-0.2, 0) is 19.6 Å². The third-order valence-electron chi connectivity index (χ3n) is 4.97. The number of aryl methyl sites for hydroxylation is 3. The van der Waals surface area contributed by atoms with Crippen LogP contribution in [0.2, 0.25) is 10.0 Å². The molecule has 0 amide bonds. The van der Waals surface area contributed by atoms with Crippen molar-refractivity contribution < 1.29 is 4.74 Å². The molecule has 3 nitrogen and oxygen atoms in total. The highest BCUT2D eigenvalue weighted by Crippen LogP contribution is 2.24. The van der Waals surface area contributed by atoms with Gasteiger partial charge in [-0.3, -0.25) is 4.79 Å². The van der Waals surface area contributed by atoms with Crippen molar-refractivity contribution in [3.63, 3.8) is 0 Å². The summed E-state index contributed by atoms with van der Waals surface area (Å²) in [6.45, 7) is 6.78. The van der Waals surface area contributed by atoms with Crippen LogP contribution in [0.25, 0.3) is 0 Å². The molecule has 0 aliphatic heterocycles. The lowest BCUT2D eigenvalue weighted by atomic mass is 10.1. The molecule has 2 aromatic carbocycles. The van der Waals surface area contributed by atoms with Crippen LogP contribution in [-0.4, -0.2) is 4.57 Å². The molecule has 5 heteroatoms. The third-order valence-corrected chi connectivity index (χ3v) is 5.57. The van der Waals surface area contributed by atoms with Crippen molar-refractivity contribution in [1.29, 1.82) is 0 Å². The lowest BCUT2D eigenvalue weighted by Crippen LogP contribution is -2.26. The molecule has 0 aliphatic carbocycles. The van der Waals surface area contributed by atoms with Crippen LogP contribution < -0.4 is 10.3 Å². The molecular formula is C23H23Cl2NO2. The van der Waals surface area contributed by atoms with Gasteiger partial charge in [-0.2, -0.15) is 0 Å². The van der Waals surface area contributed by atoms with E-state index < -0.39 is 0 Å². The maximum atomic E-state index is 12.7. The summed E-state index contributed by atoms with van der Waals surface area (Å²) in [6, 6.07) is 15.7. The van der Waals surface area contributed by atoms with Crippen LogP contribution in [0.5, 0.6) is 5.75 Å². The minimum Gasteiger partial charge on any atom is -0.487 e. The Morgan fingerprint density at radius 1 is 0.964 bits per heavy atom. The molecular weight excluding hydrogens is 393 g/mol. The van der Waals surface area contributed by atoms with Crippen molar-refractivity contribution >= 4 is 23.2 Å². The zero-order chi connectivity index (χ0) is 20.3. The normalized spacial score (nSPS) is 10.9. The first-order valence-corrected chi connectivity index (χ1v) is 9.94. The fraction of sp³-hybridized carbons (Fsp3) is 0.261. The Balaban J connectivity index is 1.87. The van der Waals surface area contributed by atoms with E-state index in [0.717, 1.165) is 22.4 Å². The molecule has 0 unspecified atom stereocenters. The summed E-state index contributed by atoms with van der Waals surface area (Å²) in [5.41, 5.74) is 4.95. The Bertz CT molecular complexity index is 1040. The third kappa shape index (κ3) is 4.60. The highest BCUT2D eigenvalue weighted by atomic mass is 35.5. The van der Waals surface area contributed by atoms with Gasteiger partial charge in [-0.25, -0.2) is 0 Å². The predicted octanol–water partition coefficient (Wildman–Crippen LogP) is 5.90. The van der Waals surface area contributed by atoms with E-state index >= 15 is 0 Å². The van der Waals surface area contributed by atoms with Crippen LogP contribution in [0.1, 0.15) is 27.9 Å². The smallest absolute Gasteiger partial charge is 0.269 e. The number of ether oxygens (including phenoxy) is 1. The van der Waals surface area contributed by atoms with Crippen molar-refractivity contribution in [2.75, 3.05) is 0 Å². The van der Waals surface area contributed by atoms with Gasteiger partial charge in [0.1, 0.15) is 17.4 Å². The standard InChI is InChI=1S/C23H23Cl2NO2/c1-15-7-9-18(10-8-15)11-12-26-21(19(24)13-20(25)23(26)27)14-28-22-6-4-5-16(2)17(22)3/h4-10,13H,11-12,14H2,1-3H3. The Kier molecular flexibility index (Phi) is 6.48. The molecule has 146 valence electrons. The van der Waals surface area contributed by atoms with Gasteiger partial charge >= 0.3 is 0 Å². The van der Waals surface area contributed by atoms with Gasteiger partial charge in [0, 0.05) is 6.54 Å².